The fourth-order valence-corrected chi connectivity index (χ4v) is 3.62. The number of hydrogen-bond donors (Lipinski definition) is 1. The van der Waals surface area contributed by atoms with Crippen LogP contribution in [0, 0.1) is 17.8 Å². The van der Waals surface area contributed by atoms with Crippen LogP contribution in [-0.2, 0) is 23.8 Å². The lowest BCUT2D eigenvalue weighted by atomic mass is 9.73. The van der Waals surface area contributed by atoms with Crippen LogP contribution >= 0.6 is 0 Å². The van der Waals surface area contributed by atoms with Gasteiger partial charge in [0.05, 0.1) is 12.0 Å². The Morgan fingerprint density at radius 1 is 1.30 bits per heavy atom. The minimum Gasteiger partial charge on any atom is -0.460 e. The van der Waals surface area contributed by atoms with Gasteiger partial charge in [-0.25, -0.2) is 0 Å². The molecule has 2 bridgehead atoms. The highest BCUT2D eigenvalue weighted by molar-refractivity contribution is 5.86. The summed E-state index contributed by atoms with van der Waals surface area (Å²) in [5.41, 5.74) is -0.604. The Morgan fingerprint density at radius 3 is 2.60 bits per heavy atom. The summed E-state index contributed by atoms with van der Waals surface area (Å²) in [6.07, 6.45) is -0.598. The van der Waals surface area contributed by atoms with Crippen LogP contribution in [0.1, 0.15) is 27.2 Å². The van der Waals surface area contributed by atoms with Crippen LogP contribution in [0.5, 0.6) is 0 Å². The summed E-state index contributed by atoms with van der Waals surface area (Å²) in [6.45, 7) is 5.36. The molecule has 3 saturated heterocycles. The van der Waals surface area contributed by atoms with E-state index in [0.29, 0.717) is 6.42 Å². The summed E-state index contributed by atoms with van der Waals surface area (Å²) in [4.78, 5) is 24.3. The molecule has 0 aromatic carbocycles. The van der Waals surface area contributed by atoms with Crippen molar-refractivity contribution in [3.05, 3.63) is 0 Å². The molecule has 0 radical (unpaired) electrons. The Hall–Kier alpha value is -1.14. The Balaban J connectivity index is 1.84. The van der Waals surface area contributed by atoms with Gasteiger partial charge in [-0.05, 0) is 27.2 Å². The van der Waals surface area contributed by atoms with E-state index in [-0.39, 0.29) is 36.8 Å². The van der Waals surface area contributed by atoms with Crippen LogP contribution in [0.2, 0.25) is 0 Å². The molecule has 6 atom stereocenters. The van der Waals surface area contributed by atoms with Gasteiger partial charge in [0, 0.05) is 12.5 Å². The highest BCUT2D eigenvalue weighted by Crippen LogP contribution is 2.54. The Morgan fingerprint density at radius 2 is 2.00 bits per heavy atom. The van der Waals surface area contributed by atoms with Crippen LogP contribution in [0.4, 0.5) is 0 Å². The van der Waals surface area contributed by atoms with E-state index >= 15 is 0 Å². The molecular weight excluding hydrogens is 264 g/mol. The minimum absolute atomic E-state index is 0.0169. The largest absolute Gasteiger partial charge is 0.460 e. The van der Waals surface area contributed by atoms with E-state index < -0.39 is 23.4 Å². The van der Waals surface area contributed by atoms with E-state index in [2.05, 4.69) is 0 Å². The van der Waals surface area contributed by atoms with Crippen molar-refractivity contribution >= 4 is 11.9 Å². The lowest BCUT2D eigenvalue weighted by Gasteiger charge is -2.29. The molecule has 0 aromatic heterocycles. The molecule has 3 rings (SSSR count). The van der Waals surface area contributed by atoms with E-state index in [4.69, 9.17) is 19.3 Å². The van der Waals surface area contributed by atoms with Gasteiger partial charge in [0.25, 0.3) is 0 Å². The Labute approximate surface area is 117 Å². The molecule has 1 N–H and O–H groups in total. The predicted molar refractivity (Wildman–Crippen MR) is 66.6 cm³/mol. The monoisotopic (exact) mass is 284 g/mol. The van der Waals surface area contributed by atoms with Crippen LogP contribution in [0.15, 0.2) is 0 Å². The highest BCUT2D eigenvalue weighted by atomic mass is 16.6. The molecule has 112 valence electrons. The number of carbonyl (C=O) groups excluding carboxylic acids is 2. The fourth-order valence-electron chi connectivity index (χ4n) is 3.62. The molecule has 0 aliphatic carbocycles. The number of hydrogen-bond acceptors (Lipinski definition) is 6. The van der Waals surface area contributed by atoms with E-state index in [9.17, 15) is 9.59 Å². The number of fused-ring (bicyclic) bond motifs is 1. The molecule has 3 fully saturated rings. The first-order valence-corrected chi connectivity index (χ1v) is 7.03. The van der Waals surface area contributed by atoms with Crippen molar-refractivity contribution < 1.29 is 28.9 Å². The van der Waals surface area contributed by atoms with Crippen LogP contribution < -0.4 is 0 Å². The second-order valence-corrected chi connectivity index (χ2v) is 6.73. The Kier molecular flexibility index (Phi) is 3.06. The van der Waals surface area contributed by atoms with Gasteiger partial charge in [0.15, 0.2) is 0 Å². The van der Waals surface area contributed by atoms with E-state index in [1.807, 2.05) is 0 Å². The van der Waals surface area contributed by atoms with Gasteiger partial charge in [-0.2, -0.15) is 0 Å². The lowest BCUT2D eigenvalue weighted by molar-refractivity contribution is -0.165. The molecule has 6 heteroatoms. The lowest BCUT2D eigenvalue weighted by Crippen LogP contribution is -2.44. The fraction of sp³-hybridized carbons (Fsp3) is 0.857. The summed E-state index contributed by atoms with van der Waals surface area (Å²) >= 11 is 0. The average molecular weight is 284 g/mol. The number of carbonyl (C=O) groups is 2. The average Bonchev–Trinajstić information content (AvgIpc) is 2.89. The van der Waals surface area contributed by atoms with Crippen molar-refractivity contribution in [2.75, 3.05) is 6.61 Å². The van der Waals surface area contributed by atoms with Crippen LogP contribution in [-0.4, -0.2) is 47.6 Å². The third-order valence-corrected chi connectivity index (χ3v) is 4.24. The normalized spacial score (nSPS) is 41.9. The van der Waals surface area contributed by atoms with Gasteiger partial charge in [0.2, 0.25) is 0 Å². The second kappa shape index (κ2) is 4.43. The summed E-state index contributed by atoms with van der Waals surface area (Å²) in [6, 6.07) is 0. The van der Waals surface area contributed by atoms with Gasteiger partial charge in [-0.1, -0.05) is 0 Å². The summed E-state index contributed by atoms with van der Waals surface area (Å²) < 4.78 is 16.5. The first-order valence-electron chi connectivity index (χ1n) is 7.03. The molecule has 0 spiro atoms. The third-order valence-electron chi connectivity index (χ3n) is 4.24. The van der Waals surface area contributed by atoms with Crippen LogP contribution in [0.3, 0.4) is 0 Å². The maximum Gasteiger partial charge on any atom is 0.313 e. The zero-order valence-corrected chi connectivity index (χ0v) is 11.9. The number of esters is 2. The number of ether oxygens (including phenoxy) is 3. The maximum absolute atomic E-state index is 12.4. The molecule has 3 aliphatic heterocycles. The Bertz CT molecular complexity index is 439. The molecule has 0 amide bonds. The standard InChI is InChI=1S/C14H20O6/c1-14(2,3)20-13(17)7-8-11-10(19-12(8)16)6(4-5-15)9(7)18-11/h6-11,15H,4-5H2,1-3H3. The molecule has 20 heavy (non-hydrogen) atoms. The second-order valence-electron chi connectivity index (χ2n) is 6.73. The number of aliphatic hydroxyl groups excluding tert-OH is 1. The van der Waals surface area contributed by atoms with Gasteiger partial charge in [-0.15, -0.1) is 0 Å². The molecule has 0 aromatic rings. The maximum atomic E-state index is 12.4. The van der Waals surface area contributed by atoms with E-state index in [0.717, 1.165) is 0 Å². The van der Waals surface area contributed by atoms with Gasteiger partial charge < -0.3 is 19.3 Å². The minimum atomic E-state index is -0.609. The van der Waals surface area contributed by atoms with E-state index in [1.165, 1.54) is 0 Å². The predicted octanol–water partition coefficient (Wildman–Crippen LogP) is 0.266. The molecule has 6 unspecified atom stereocenters. The highest BCUT2D eigenvalue weighted by Gasteiger charge is 2.70. The topological polar surface area (TPSA) is 82.1 Å². The first kappa shape index (κ1) is 13.8. The van der Waals surface area contributed by atoms with Crippen molar-refractivity contribution in [2.24, 2.45) is 17.8 Å². The molecule has 3 aliphatic rings. The summed E-state index contributed by atoms with van der Waals surface area (Å²) in [5, 5.41) is 9.15. The third kappa shape index (κ3) is 1.93. The molecular formula is C14H20O6. The van der Waals surface area contributed by atoms with Crippen molar-refractivity contribution in [3.8, 4) is 0 Å². The number of rotatable bonds is 3. The zero-order valence-electron chi connectivity index (χ0n) is 11.9. The van der Waals surface area contributed by atoms with Gasteiger partial charge in [-0.3, -0.25) is 9.59 Å². The van der Waals surface area contributed by atoms with Crippen molar-refractivity contribution in [3.63, 3.8) is 0 Å². The van der Waals surface area contributed by atoms with Gasteiger partial charge >= 0.3 is 11.9 Å². The SMILES string of the molecule is CC(C)(C)OC(=O)C1C2OC3C(OC(=O)C31)C2CCO. The summed E-state index contributed by atoms with van der Waals surface area (Å²) in [5.74, 6) is -2.06. The first-order chi connectivity index (χ1) is 9.33. The zero-order chi connectivity index (χ0) is 14.7. The molecule has 0 saturated carbocycles. The smallest absolute Gasteiger partial charge is 0.313 e. The molecule has 3 heterocycles. The van der Waals surface area contributed by atoms with Crippen molar-refractivity contribution in [2.45, 2.75) is 51.1 Å². The van der Waals surface area contributed by atoms with Gasteiger partial charge in [0.1, 0.15) is 23.7 Å². The quantitative estimate of drug-likeness (QED) is 0.749. The molecule has 6 nitrogen and oxygen atoms in total. The van der Waals surface area contributed by atoms with E-state index in [1.54, 1.807) is 20.8 Å². The number of aliphatic hydroxyl groups is 1. The summed E-state index contributed by atoms with van der Waals surface area (Å²) in [7, 11) is 0. The van der Waals surface area contributed by atoms with Crippen LogP contribution in [0.25, 0.3) is 0 Å². The van der Waals surface area contributed by atoms with Crippen molar-refractivity contribution in [1.29, 1.82) is 0 Å². The van der Waals surface area contributed by atoms with Crippen molar-refractivity contribution in [1.82, 2.24) is 0 Å².